The first kappa shape index (κ1) is 46.4. The second-order valence-electron chi connectivity index (χ2n) is 18.1. The monoisotopic (exact) mass is 887 g/mol. The smallest absolute Gasteiger partial charge is 0.223 e. The zero-order valence-corrected chi connectivity index (χ0v) is 38.8. The van der Waals surface area contributed by atoms with Gasteiger partial charge in [-0.05, 0) is 142 Å². The number of phenolic OH excluding ortho intramolecular Hbond substituents is 2. The third-order valence-electron chi connectivity index (χ3n) is 12.9. The minimum atomic E-state index is 0.274. The zero-order chi connectivity index (χ0) is 45.7. The largest absolute Gasteiger partial charge is 0.508 e. The van der Waals surface area contributed by atoms with Gasteiger partial charge in [-0.25, -0.2) is 19.9 Å². The second-order valence-corrected chi connectivity index (χ2v) is 18.1. The van der Waals surface area contributed by atoms with Gasteiger partial charge in [0, 0.05) is 87.5 Å². The van der Waals surface area contributed by atoms with Gasteiger partial charge < -0.3 is 31.5 Å². The normalized spacial score (nSPS) is 17.2. The number of anilines is 2. The number of nitrogens with one attached hydrogen (secondary N) is 4. The molecule has 6 N–H and O–H groups in total. The van der Waals surface area contributed by atoms with Crippen molar-refractivity contribution in [1.29, 1.82) is 0 Å². The minimum Gasteiger partial charge on any atom is -0.508 e. The second kappa shape index (κ2) is 22.8. The molecule has 0 unspecified atom stereocenters. The molecule has 0 spiro atoms. The average molecular weight is 887 g/mol. The highest BCUT2D eigenvalue weighted by Crippen LogP contribution is 2.29. The number of hydrogen-bond donors (Lipinski definition) is 6. The highest BCUT2D eigenvalue weighted by molar-refractivity contribution is 5.75. The molecule has 344 valence electrons. The van der Waals surface area contributed by atoms with Gasteiger partial charge >= 0.3 is 0 Å². The molecule has 2 saturated heterocycles. The lowest BCUT2D eigenvalue weighted by molar-refractivity contribution is 0.139. The van der Waals surface area contributed by atoms with Crippen LogP contribution >= 0.6 is 0 Å². The lowest BCUT2D eigenvalue weighted by Crippen LogP contribution is -2.53. The van der Waals surface area contributed by atoms with Crippen molar-refractivity contribution < 1.29 is 10.2 Å². The molecule has 0 amide bonds. The molecule has 6 aromatic rings. The van der Waals surface area contributed by atoms with Crippen LogP contribution in [0.5, 0.6) is 11.5 Å². The molecule has 0 saturated carbocycles. The summed E-state index contributed by atoms with van der Waals surface area (Å²) in [5, 5.41) is 33.6. The number of hydrogen-bond acceptors (Lipinski definition) is 12. The molecule has 4 aromatic carbocycles. The molecule has 0 aliphatic carbocycles. The van der Waals surface area contributed by atoms with Gasteiger partial charge in [-0.3, -0.25) is 9.80 Å². The Labute approximate surface area is 390 Å². The number of aromatic nitrogens is 4. The quantitative estimate of drug-likeness (QED) is 0.0464. The first-order valence-corrected chi connectivity index (χ1v) is 23.7. The van der Waals surface area contributed by atoms with Crippen molar-refractivity contribution in [3.63, 3.8) is 0 Å². The van der Waals surface area contributed by atoms with E-state index in [9.17, 15) is 10.2 Å². The fourth-order valence-corrected chi connectivity index (χ4v) is 9.10. The predicted molar refractivity (Wildman–Crippen MR) is 267 cm³/mol. The van der Waals surface area contributed by atoms with Crippen LogP contribution in [0.1, 0.15) is 67.9 Å². The summed E-state index contributed by atoms with van der Waals surface area (Å²) < 4.78 is 0. The zero-order valence-electron chi connectivity index (χ0n) is 38.8. The van der Waals surface area contributed by atoms with Crippen molar-refractivity contribution in [1.82, 2.24) is 40.4 Å². The van der Waals surface area contributed by atoms with E-state index in [0.717, 1.165) is 117 Å². The molecule has 0 bridgehead atoms. The van der Waals surface area contributed by atoms with Crippen LogP contribution in [-0.2, 0) is 25.9 Å². The van der Waals surface area contributed by atoms with E-state index >= 15 is 0 Å². The first-order chi connectivity index (χ1) is 32.2. The van der Waals surface area contributed by atoms with Gasteiger partial charge in [0.2, 0.25) is 11.9 Å². The molecule has 2 aliphatic rings. The van der Waals surface area contributed by atoms with Crippen molar-refractivity contribution in [3.8, 4) is 34.0 Å². The van der Waals surface area contributed by atoms with Crippen molar-refractivity contribution in [3.05, 3.63) is 149 Å². The number of rotatable bonds is 19. The fourth-order valence-electron chi connectivity index (χ4n) is 9.10. The van der Waals surface area contributed by atoms with E-state index in [-0.39, 0.29) is 11.5 Å². The van der Waals surface area contributed by atoms with Gasteiger partial charge in [-0.15, -0.1) is 0 Å². The van der Waals surface area contributed by atoms with E-state index in [0.29, 0.717) is 43.1 Å². The first-order valence-electron chi connectivity index (χ1n) is 23.7. The van der Waals surface area contributed by atoms with E-state index < -0.39 is 0 Å². The summed E-state index contributed by atoms with van der Waals surface area (Å²) in [6.07, 6.45) is 10.8. The third-order valence-corrected chi connectivity index (χ3v) is 12.9. The summed E-state index contributed by atoms with van der Waals surface area (Å²) in [5.41, 5.74) is 11.2. The van der Waals surface area contributed by atoms with Crippen LogP contribution in [-0.4, -0.2) is 104 Å². The molecule has 8 rings (SSSR count). The van der Waals surface area contributed by atoms with Crippen molar-refractivity contribution in [2.45, 2.75) is 84.1 Å². The Balaban J connectivity index is 0.978. The molecular formula is C54H66N10O2. The van der Waals surface area contributed by atoms with Crippen LogP contribution in [0, 0.1) is 0 Å². The predicted octanol–water partition coefficient (Wildman–Crippen LogP) is 8.55. The van der Waals surface area contributed by atoms with Crippen LogP contribution < -0.4 is 21.3 Å². The molecular weight excluding hydrogens is 821 g/mol. The molecule has 0 radical (unpaired) electrons. The molecule has 2 aliphatic heterocycles. The van der Waals surface area contributed by atoms with Crippen LogP contribution in [0.3, 0.4) is 0 Å². The van der Waals surface area contributed by atoms with E-state index in [1.54, 1.807) is 24.3 Å². The third kappa shape index (κ3) is 13.2. The van der Waals surface area contributed by atoms with E-state index in [1.165, 1.54) is 16.7 Å². The highest BCUT2D eigenvalue weighted by Gasteiger charge is 2.24. The topological polar surface area (TPSA) is 147 Å². The number of aromatic hydroxyl groups is 2. The summed E-state index contributed by atoms with van der Waals surface area (Å²) in [6.45, 7) is 14.9. The molecule has 12 nitrogen and oxygen atoms in total. The van der Waals surface area contributed by atoms with Crippen molar-refractivity contribution in [2.75, 3.05) is 56.4 Å². The maximum Gasteiger partial charge on any atom is 0.223 e. The van der Waals surface area contributed by atoms with Gasteiger partial charge in [0.05, 0.1) is 11.4 Å². The summed E-state index contributed by atoms with van der Waals surface area (Å²) in [6, 6.07) is 35.8. The number of piperazine rings is 1. The van der Waals surface area contributed by atoms with E-state index in [2.05, 4.69) is 110 Å². The number of nitrogens with zero attached hydrogens (tertiary/aromatic N) is 6. The van der Waals surface area contributed by atoms with Crippen LogP contribution in [0.2, 0.25) is 0 Å². The molecule has 12 heteroatoms. The van der Waals surface area contributed by atoms with E-state index in [4.69, 9.17) is 9.97 Å². The highest BCUT2D eigenvalue weighted by atomic mass is 16.3. The van der Waals surface area contributed by atoms with Crippen molar-refractivity contribution >= 4 is 18.0 Å². The maximum absolute atomic E-state index is 9.94. The summed E-state index contributed by atoms with van der Waals surface area (Å²) >= 11 is 0. The van der Waals surface area contributed by atoms with Crippen molar-refractivity contribution in [2.24, 2.45) is 0 Å². The minimum absolute atomic E-state index is 0.274. The Hall–Kier alpha value is -6.18. The van der Waals surface area contributed by atoms with Gasteiger partial charge in [0.15, 0.2) is 0 Å². The Bertz CT molecular complexity index is 2520. The fraction of sp³-hybridized carbons (Fsp3) is 0.370. The maximum atomic E-state index is 9.94. The van der Waals surface area contributed by atoms with Crippen LogP contribution in [0.15, 0.2) is 121 Å². The van der Waals surface area contributed by atoms with Gasteiger partial charge in [-0.1, -0.05) is 66.2 Å². The average Bonchev–Trinajstić information content (AvgIpc) is 3.33. The molecule has 66 heavy (non-hydrogen) atoms. The summed E-state index contributed by atoms with van der Waals surface area (Å²) in [4.78, 5) is 24.3. The standard InChI is InChI=1S/C54H66N10O2/c1-38(22-29-63(47-18-23-55-24-19-47)36-43-7-4-8-46(31-43)51-20-27-58-53(61-51)56-25-16-41-11-14-48(65)15-12-41)30-45-13-10-44(37-64-35-39(2)60-34-40(64)3)33-50(45)52-21-28-59-54(62-52)57-26-17-42-6-5-9-49(66)32-42/h4-15,20-21,27-28,30-33,39-40,47,55,60,65-66H,16-19,22-26,29,34-37H2,1-3H3,(H,56,58,61)(H,57,59,62)/b38-30-/t39-,40-/m0/s1. The Morgan fingerprint density at radius 3 is 2.23 bits per heavy atom. The van der Waals surface area contributed by atoms with Crippen LogP contribution in [0.25, 0.3) is 28.6 Å². The number of piperidine rings is 1. The van der Waals surface area contributed by atoms with Gasteiger partial charge in [0.1, 0.15) is 11.5 Å². The lowest BCUT2D eigenvalue weighted by atomic mass is 9.97. The Morgan fingerprint density at radius 2 is 1.45 bits per heavy atom. The van der Waals surface area contributed by atoms with Gasteiger partial charge in [-0.2, -0.15) is 0 Å². The van der Waals surface area contributed by atoms with Gasteiger partial charge in [0.25, 0.3) is 0 Å². The number of benzene rings is 4. The Kier molecular flexibility index (Phi) is 16.0. The SMILES string of the molecule is C/C(=C/c1ccc(CN2C[C@H](C)NC[C@@H]2C)cc1-c1ccnc(NCCc2cccc(O)c2)n1)CCN(Cc1cccc(-c2ccnc(NCCc3ccc(O)cc3)n2)c1)C1CCNCC1. The summed E-state index contributed by atoms with van der Waals surface area (Å²) in [7, 11) is 0. The molecule has 2 fully saturated rings. The lowest BCUT2D eigenvalue weighted by Gasteiger charge is -2.37. The molecule has 4 heterocycles. The van der Waals surface area contributed by atoms with Crippen LogP contribution in [0.4, 0.5) is 11.9 Å². The molecule has 2 aromatic heterocycles. The van der Waals surface area contributed by atoms with E-state index in [1.807, 2.05) is 48.8 Å². The summed E-state index contributed by atoms with van der Waals surface area (Å²) in [5.74, 6) is 1.75. The Morgan fingerprint density at radius 1 is 0.758 bits per heavy atom. The number of phenols is 2. The molecule has 2 atom stereocenters.